The van der Waals surface area contributed by atoms with Gasteiger partial charge >= 0.3 is 0 Å². The minimum atomic E-state index is 0.893. The molecule has 1 heterocycles. The van der Waals surface area contributed by atoms with Gasteiger partial charge in [0.25, 0.3) is 0 Å². The Labute approximate surface area is 302 Å². The Bertz CT molecular complexity index is 2870. The maximum absolute atomic E-state index is 6.98. The SMILES string of the molecule is c1ccc(-c2ccc(N(c3ccc(-c4cccc5ccccc45)cc3)c3cccc4ccc5c6cccc(-c7ccccc7)c6oc5c34)cc2)cc1. The first-order valence-corrected chi connectivity index (χ1v) is 17.8. The summed E-state index contributed by atoms with van der Waals surface area (Å²) >= 11 is 0. The van der Waals surface area contributed by atoms with E-state index in [0.29, 0.717) is 0 Å². The third-order valence-corrected chi connectivity index (χ3v) is 10.3. The van der Waals surface area contributed by atoms with Gasteiger partial charge in [-0.15, -0.1) is 0 Å². The molecule has 0 saturated heterocycles. The molecule has 0 atom stereocenters. The van der Waals surface area contributed by atoms with E-state index < -0.39 is 0 Å². The van der Waals surface area contributed by atoms with E-state index in [1.54, 1.807) is 0 Å². The summed E-state index contributed by atoms with van der Waals surface area (Å²) in [7, 11) is 0. The second kappa shape index (κ2) is 12.5. The molecule has 0 radical (unpaired) electrons. The molecule has 0 saturated carbocycles. The molecular weight excluding hydrogens is 631 g/mol. The average Bonchev–Trinajstić information content (AvgIpc) is 3.61. The molecule has 0 amide bonds. The van der Waals surface area contributed by atoms with Gasteiger partial charge in [-0.1, -0.05) is 164 Å². The van der Waals surface area contributed by atoms with Crippen molar-refractivity contribution in [2.75, 3.05) is 4.90 Å². The second-order valence-electron chi connectivity index (χ2n) is 13.3. The molecule has 0 unspecified atom stereocenters. The van der Waals surface area contributed by atoms with E-state index in [2.05, 4.69) is 205 Å². The molecule has 2 nitrogen and oxygen atoms in total. The van der Waals surface area contributed by atoms with Crippen molar-refractivity contribution in [3.63, 3.8) is 0 Å². The number of anilines is 3. The normalized spacial score (nSPS) is 11.5. The number of nitrogens with zero attached hydrogens (tertiary/aromatic N) is 1. The van der Waals surface area contributed by atoms with Gasteiger partial charge < -0.3 is 9.32 Å². The molecule has 0 N–H and O–H groups in total. The minimum Gasteiger partial charge on any atom is -0.455 e. The lowest BCUT2D eigenvalue weighted by Crippen LogP contribution is -2.10. The molecule has 0 aliphatic carbocycles. The molecule has 244 valence electrons. The van der Waals surface area contributed by atoms with Gasteiger partial charge in [0, 0.05) is 33.1 Å². The molecule has 0 aliphatic rings. The van der Waals surface area contributed by atoms with Gasteiger partial charge in [0.2, 0.25) is 0 Å². The van der Waals surface area contributed by atoms with Crippen molar-refractivity contribution in [2.45, 2.75) is 0 Å². The molecule has 1 aromatic heterocycles. The van der Waals surface area contributed by atoms with E-state index in [9.17, 15) is 0 Å². The van der Waals surface area contributed by atoms with E-state index in [1.807, 2.05) is 0 Å². The molecule has 10 aromatic rings. The summed E-state index contributed by atoms with van der Waals surface area (Å²) in [6.07, 6.45) is 0. The lowest BCUT2D eigenvalue weighted by Gasteiger charge is -2.27. The molecule has 0 bridgehead atoms. The van der Waals surface area contributed by atoms with Crippen molar-refractivity contribution in [3.8, 4) is 33.4 Å². The number of para-hydroxylation sites is 1. The van der Waals surface area contributed by atoms with Crippen LogP contribution < -0.4 is 4.90 Å². The zero-order valence-corrected chi connectivity index (χ0v) is 28.4. The second-order valence-corrected chi connectivity index (χ2v) is 13.3. The van der Waals surface area contributed by atoms with Crippen LogP contribution in [-0.2, 0) is 0 Å². The molecule has 10 rings (SSSR count). The average molecular weight is 664 g/mol. The van der Waals surface area contributed by atoms with Crippen LogP contribution in [0.25, 0.3) is 76.9 Å². The van der Waals surface area contributed by atoms with Crippen LogP contribution >= 0.6 is 0 Å². The van der Waals surface area contributed by atoms with Crippen LogP contribution in [-0.4, -0.2) is 0 Å². The fourth-order valence-electron chi connectivity index (χ4n) is 7.77. The number of furan rings is 1. The molecule has 9 aromatic carbocycles. The maximum Gasteiger partial charge on any atom is 0.145 e. The van der Waals surface area contributed by atoms with Crippen LogP contribution in [0.4, 0.5) is 17.1 Å². The Morgan fingerprint density at radius 3 is 1.60 bits per heavy atom. The number of benzene rings is 9. The van der Waals surface area contributed by atoms with Crippen LogP contribution in [0.15, 0.2) is 205 Å². The van der Waals surface area contributed by atoms with Gasteiger partial charge in [0.05, 0.1) is 5.69 Å². The first-order chi connectivity index (χ1) is 25.8. The lowest BCUT2D eigenvalue weighted by molar-refractivity contribution is 0.674. The standard InChI is InChI=1S/C50H33NO/c1-3-12-34(13-4-1)35-24-29-40(30-25-35)51(41-31-26-38(27-32-41)43-20-9-17-36-16-7-8-19-42(36)43)47-23-10-18-39-28-33-46-45-22-11-21-44(37-14-5-2-6-15-37)49(45)52-50(46)48(39)47/h1-33H. The monoisotopic (exact) mass is 663 g/mol. The summed E-state index contributed by atoms with van der Waals surface area (Å²) in [5.41, 5.74) is 12.0. The van der Waals surface area contributed by atoms with Crippen LogP contribution in [0.3, 0.4) is 0 Å². The predicted molar refractivity (Wildman–Crippen MR) is 220 cm³/mol. The zero-order valence-electron chi connectivity index (χ0n) is 28.4. The highest BCUT2D eigenvalue weighted by molar-refractivity contribution is 6.21. The van der Waals surface area contributed by atoms with Crippen molar-refractivity contribution >= 4 is 60.5 Å². The van der Waals surface area contributed by atoms with Crippen molar-refractivity contribution in [2.24, 2.45) is 0 Å². The summed E-state index contributed by atoms with van der Waals surface area (Å²) in [5, 5.41) is 6.93. The first-order valence-electron chi connectivity index (χ1n) is 17.8. The van der Waals surface area contributed by atoms with Gasteiger partial charge in [-0.3, -0.25) is 0 Å². The van der Waals surface area contributed by atoms with E-state index in [0.717, 1.165) is 60.9 Å². The number of fused-ring (bicyclic) bond motifs is 6. The van der Waals surface area contributed by atoms with E-state index >= 15 is 0 Å². The van der Waals surface area contributed by atoms with E-state index in [4.69, 9.17) is 4.42 Å². The summed E-state index contributed by atoms with van der Waals surface area (Å²) in [4.78, 5) is 2.37. The van der Waals surface area contributed by atoms with Crippen molar-refractivity contribution in [1.29, 1.82) is 0 Å². The number of hydrogen-bond donors (Lipinski definition) is 0. The van der Waals surface area contributed by atoms with Crippen LogP contribution in [0.5, 0.6) is 0 Å². The van der Waals surface area contributed by atoms with Gasteiger partial charge in [-0.2, -0.15) is 0 Å². The number of hydrogen-bond acceptors (Lipinski definition) is 2. The highest BCUT2D eigenvalue weighted by atomic mass is 16.3. The van der Waals surface area contributed by atoms with E-state index in [-0.39, 0.29) is 0 Å². The highest BCUT2D eigenvalue weighted by Gasteiger charge is 2.21. The Balaban J connectivity index is 1.18. The topological polar surface area (TPSA) is 16.4 Å². The van der Waals surface area contributed by atoms with Crippen LogP contribution in [0.1, 0.15) is 0 Å². The highest BCUT2D eigenvalue weighted by Crippen LogP contribution is 2.45. The summed E-state index contributed by atoms with van der Waals surface area (Å²) in [6.45, 7) is 0. The van der Waals surface area contributed by atoms with Gasteiger partial charge in [-0.25, -0.2) is 0 Å². The third-order valence-electron chi connectivity index (χ3n) is 10.3. The molecular formula is C50H33NO. The van der Waals surface area contributed by atoms with E-state index in [1.165, 1.54) is 33.0 Å². The summed E-state index contributed by atoms with van der Waals surface area (Å²) in [5.74, 6) is 0. The Morgan fingerprint density at radius 1 is 0.308 bits per heavy atom. The van der Waals surface area contributed by atoms with Crippen LogP contribution in [0.2, 0.25) is 0 Å². The summed E-state index contributed by atoms with van der Waals surface area (Å²) < 4.78 is 6.98. The fraction of sp³-hybridized carbons (Fsp3) is 0. The van der Waals surface area contributed by atoms with Crippen molar-refractivity contribution < 1.29 is 4.42 Å². The predicted octanol–water partition coefficient (Wildman–Crippen LogP) is 14.4. The Kier molecular flexibility index (Phi) is 7.18. The molecule has 0 fully saturated rings. The van der Waals surface area contributed by atoms with Gasteiger partial charge in [-0.05, 0) is 80.4 Å². The zero-order chi connectivity index (χ0) is 34.4. The first kappa shape index (κ1) is 30.0. The van der Waals surface area contributed by atoms with Crippen molar-refractivity contribution in [1.82, 2.24) is 0 Å². The third kappa shape index (κ3) is 5.04. The van der Waals surface area contributed by atoms with Gasteiger partial charge in [0.1, 0.15) is 11.2 Å². The fourth-order valence-corrected chi connectivity index (χ4v) is 7.77. The Hall–Kier alpha value is -6.90. The smallest absolute Gasteiger partial charge is 0.145 e. The Morgan fingerprint density at radius 2 is 0.827 bits per heavy atom. The van der Waals surface area contributed by atoms with Crippen molar-refractivity contribution in [3.05, 3.63) is 200 Å². The molecule has 52 heavy (non-hydrogen) atoms. The molecule has 0 aliphatic heterocycles. The molecule has 2 heteroatoms. The lowest BCUT2D eigenvalue weighted by atomic mass is 9.97. The molecule has 0 spiro atoms. The quantitative estimate of drug-likeness (QED) is 0.176. The van der Waals surface area contributed by atoms with Gasteiger partial charge in [0.15, 0.2) is 0 Å². The minimum absolute atomic E-state index is 0.893. The van der Waals surface area contributed by atoms with Crippen LogP contribution in [0, 0.1) is 0 Å². The maximum atomic E-state index is 6.98. The summed E-state index contributed by atoms with van der Waals surface area (Å²) in [6, 6.07) is 71.5. The number of rotatable bonds is 6. The largest absolute Gasteiger partial charge is 0.455 e.